The Morgan fingerprint density at radius 1 is 1.22 bits per heavy atom. The predicted molar refractivity (Wildman–Crippen MR) is 95.9 cm³/mol. The second-order valence-corrected chi connectivity index (χ2v) is 5.99. The number of hydrogen-bond acceptors (Lipinski definition) is 6. The van der Waals surface area contributed by atoms with Gasteiger partial charge in [-0.25, -0.2) is 5.01 Å². The molecule has 0 saturated carbocycles. The van der Waals surface area contributed by atoms with Crippen LogP contribution in [0, 0.1) is 0 Å². The minimum absolute atomic E-state index is 0.131. The maximum absolute atomic E-state index is 12.6. The summed E-state index contributed by atoms with van der Waals surface area (Å²) in [7, 11) is 3.09. The highest BCUT2D eigenvalue weighted by Gasteiger charge is 2.34. The number of methoxy groups -OCH3 is 2. The summed E-state index contributed by atoms with van der Waals surface area (Å²) in [5, 5.41) is 14.6. The van der Waals surface area contributed by atoms with E-state index in [4.69, 9.17) is 19.0 Å². The van der Waals surface area contributed by atoms with Crippen molar-refractivity contribution in [2.75, 3.05) is 14.2 Å². The predicted octanol–water partition coefficient (Wildman–Crippen LogP) is 2.84. The van der Waals surface area contributed by atoms with Gasteiger partial charge in [-0.15, -0.1) is 0 Å². The Balaban J connectivity index is 1.92. The minimum atomic E-state index is -1.03. The first kappa shape index (κ1) is 18.5. The smallest absolute Gasteiger partial charge is 0.303 e. The maximum Gasteiger partial charge on any atom is 0.303 e. The van der Waals surface area contributed by atoms with Gasteiger partial charge in [0, 0.05) is 12.8 Å². The van der Waals surface area contributed by atoms with Gasteiger partial charge >= 0.3 is 5.97 Å². The van der Waals surface area contributed by atoms with Crippen LogP contribution in [0.4, 0.5) is 0 Å². The zero-order valence-corrected chi connectivity index (χ0v) is 15.0. The number of aliphatic carboxylic acids is 1. The van der Waals surface area contributed by atoms with Crippen LogP contribution >= 0.6 is 0 Å². The molecular formula is C19H20N2O6. The Kier molecular flexibility index (Phi) is 5.44. The molecule has 0 spiro atoms. The number of ether oxygens (including phenoxy) is 2. The maximum atomic E-state index is 12.6. The van der Waals surface area contributed by atoms with Gasteiger partial charge in [-0.3, -0.25) is 9.59 Å². The molecule has 0 radical (unpaired) electrons. The third kappa shape index (κ3) is 3.94. The van der Waals surface area contributed by atoms with Gasteiger partial charge in [0.05, 0.1) is 32.9 Å². The van der Waals surface area contributed by atoms with Gasteiger partial charge in [0.25, 0.3) is 0 Å². The molecule has 8 nitrogen and oxygen atoms in total. The average Bonchev–Trinajstić information content (AvgIpc) is 3.35. The fourth-order valence-corrected chi connectivity index (χ4v) is 2.98. The molecule has 8 heteroatoms. The Hall–Kier alpha value is -3.29. The Bertz CT molecular complexity index is 859. The third-order valence-electron chi connectivity index (χ3n) is 4.32. The molecule has 1 amide bonds. The van der Waals surface area contributed by atoms with Gasteiger partial charge in [-0.1, -0.05) is 6.07 Å². The van der Waals surface area contributed by atoms with Gasteiger partial charge in [0.2, 0.25) is 5.91 Å². The molecule has 0 saturated heterocycles. The van der Waals surface area contributed by atoms with Crippen LogP contribution in [0.25, 0.3) is 0 Å². The molecule has 1 aromatic carbocycles. The molecule has 0 aliphatic carbocycles. The van der Waals surface area contributed by atoms with E-state index in [0.717, 1.165) is 5.56 Å². The van der Waals surface area contributed by atoms with Crippen LogP contribution in [0.2, 0.25) is 0 Å². The normalized spacial score (nSPS) is 16.1. The molecule has 27 heavy (non-hydrogen) atoms. The van der Waals surface area contributed by atoms with Crippen molar-refractivity contribution in [3.05, 3.63) is 47.9 Å². The molecule has 1 aliphatic heterocycles. The summed E-state index contributed by atoms with van der Waals surface area (Å²) in [6.45, 7) is 0. The first-order chi connectivity index (χ1) is 13.0. The van der Waals surface area contributed by atoms with Gasteiger partial charge in [0.15, 0.2) is 11.5 Å². The summed E-state index contributed by atoms with van der Waals surface area (Å²) < 4.78 is 16.0. The zero-order valence-electron chi connectivity index (χ0n) is 15.0. The Labute approximate surface area is 156 Å². The topological polar surface area (TPSA) is 102 Å². The highest BCUT2D eigenvalue weighted by atomic mass is 16.5. The lowest BCUT2D eigenvalue weighted by molar-refractivity contribution is -0.141. The highest BCUT2D eigenvalue weighted by Crippen LogP contribution is 2.37. The number of hydrogen-bond donors (Lipinski definition) is 1. The average molecular weight is 372 g/mol. The number of carbonyl (C=O) groups excluding carboxylic acids is 1. The second kappa shape index (κ2) is 7.94. The Morgan fingerprint density at radius 2 is 2.00 bits per heavy atom. The monoisotopic (exact) mass is 372 g/mol. The van der Waals surface area contributed by atoms with Crippen molar-refractivity contribution in [3.63, 3.8) is 0 Å². The standard InChI is InChI=1S/C19H20N2O6/c1-25-16-6-5-12(10-17(16)26-2)14-11-13(15-4-3-9-27-15)20-21(14)18(22)7-8-19(23)24/h3-6,9-10,14H,7-8,11H2,1-2H3,(H,23,24)/t14-/m1/s1. The van der Waals surface area contributed by atoms with Crippen molar-refractivity contribution in [3.8, 4) is 11.5 Å². The second-order valence-electron chi connectivity index (χ2n) is 5.99. The van der Waals surface area contributed by atoms with Crippen LogP contribution in [-0.2, 0) is 9.59 Å². The van der Waals surface area contributed by atoms with E-state index < -0.39 is 5.97 Å². The molecule has 0 unspecified atom stereocenters. The fourth-order valence-electron chi connectivity index (χ4n) is 2.98. The summed E-state index contributed by atoms with van der Waals surface area (Å²) in [6.07, 6.45) is 1.60. The number of benzene rings is 1. The summed E-state index contributed by atoms with van der Waals surface area (Å²) in [5.41, 5.74) is 1.44. The number of carboxylic acid groups (broad SMARTS) is 1. The van der Waals surface area contributed by atoms with E-state index in [1.165, 1.54) is 18.4 Å². The van der Waals surface area contributed by atoms with E-state index in [1.807, 2.05) is 6.07 Å². The van der Waals surface area contributed by atoms with E-state index in [1.54, 1.807) is 31.4 Å². The molecule has 1 N–H and O–H groups in total. The quantitative estimate of drug-likeness (QED) is 0.802. The largest absolute Gasteiger partial charge is 0.493 e. The number of hydrazone groups is 1. The SMILES string of the molecule is COc1ccc([C@H]2CC(c3ccco3)=NN2C(=O)CCC(=O)O)cc1OC. The molecule has 0 fully saturated rings. The van der Waals surface area contributed by atoms with Gasteiger partial charge in [-0.2, -0.15) is 5.10 Å². The van der Waals surface area contributed by atoms with Crippen LogP contribution in [0.15, 0.2) is 46.1 Å². The summed E-state index contributed by atoms with van der Waals surface area (Å²) in [4.78, 5) is 23.4. The summed E-state index contributed by atoms with van der Waals surface area (Å²) in [5.74, 6) is 0.308. The van der Waals surface area contributed by atoms with Crippen LogP contribution in [-0.4, -0.2) is 41.9 Å². The summed E-state index contributed by atoms with van der Waals surface area (Å²) in [6, 6.07) is 8.53. The summed E-state index contributed by atoms with van der Waals surface area (Å²) >= 11 is 0. The lowest BCUT2D eigenvalue weighted by Gasteiger charge is -2.22. The van der Waals surface area contributed by atoms with E-state index >= 15 is 0 Å². The third-order valence-corrected chi connectivity index (χ3v) is 4.32. The zero-order chi connectivity index (χ0) is 19.4. The van der Waals surface area contributed by atoms with Crippen LogP contribution < -0.4 is 9.47 Å². The number of carboxylic acids is 1. The van der Waals surface area contributed by atoms with E-state index in [9.17, 15) is 9.59 Å². The molecular weight excluding hydrogens is 352 g/mol. The van der Waals surface area contributed by atoms with Gasteiger partial charge < -0.3 is 19.0 Å². The van der Waals surface area contributed by atoms with Crippen molar-refractivity contribution in [2.24, 2.45) is 5.10 Å². The number of carbonyl (C=O) groups is 2. The molecule has 0 bridgehead atoms. The number of nitrogens with zero attached hydrogens (tertiary/aromatic N) is 2. The molecule has 2 aromatic rings. The van der Waals surface area contributed by atoms with Crippen LogP contribution in [0.5, 0.6) is 11.5 Å². The minimum Gasteiger partial charge on any atom is -0.493 e. The van der Waals surface area contributed by atoms with Crippen LogP contribution in [0.1, 0.15) is 36.6 Å². The number of furan rings is 1. The number of amides is 1. The fraction of sp³-hybridized carbons (Fsp3) is 0.316. The first-order valence-electron chi connectivity index (χ1n) is 8.40. The van der Waals surface area contributed by atoms with Gasteiger partial charge in [0.1, 0.15) is 11.5 Å². The number of rotatable bonds is 7. The van der Waals surface area contributed by atoms with Crippen molar-refractivity contribution in [2.45, 2.75) is 25.3 Å². The lowest BCUT2D eigenvalue weighted by atomic mass is 10.00. The molecule has 1 aliphatic rings. The van der Waals surface area contributed by atoms with Crippen molar-refractivity contribution in [1.29, 1.82) is 0 Å². The van der Waals surface area contributed by atoms with E-state index in [0.29, 0.717) is 29.4 Å². The molecule has 142 valence electrons. The van der Waals surface area contributed by atoms with Crippen molar-refractivity contribution in [1.82, 2.24) is 5.01 Å². The lowest BCUT2D eigenvalue weighted by Crippen LogP contribution is -2.27. The van der Waals surface area contributed by atoms with E-state index in [-0.39, 0.29) is 24.8 Å². The molecule has 3 rings (SSSR count). The van der Waals surface area contributed by atoms with Gasteiger partial charge in [-0.05, 0) is 29.8 Å². The molecule has 1 aromatic heterocycles. The Morgan fingerprint density at radius 3 is 2.63 bits per heavy atom. The van der Waals surface area contributed by atoms with Crippen molar-refractivity contribution >= 4 is 17.6 Å². The van der Waals surface area contributed by atoms with Crippen LogP contribution in [0.3, 0.4) is 0 Å². The molecule has 1 atom stereocenters. The highest BCUT2D eigenvalue weighted by molar-refractivity contribution is 6.01. The molecule has 2 heterocycles. The van der Waals surface area contributed by atoms with Crippen molar-refractivity contribution < 1.29 is 28.6 Å². The first-order valence-corrected chi connectivity index (χ1v) is 8.40. The van der Waals surface area contributed by atoms with E-state index in [2.05, 4.69) is 5.10 Å².